The molecule has 138 valence electrons. The lowest BCUT2D eigenvalue weighted by Crippen LogP contribution is -2.37. The van der Waals surface area contributed by atoms with Gasteiger partial charge in [0.15, 0.2) is 5.96 Å². The summed E-state index contributed by atoms with van der Waals surface area (Å²) in [6.07, 6.45) is 5.12. The van der Waals surface area contributed by atoms with E-state index in [-0.39, 0.29) is 24.0 Å². The highest BCUT2D eigenvalue weighted by molar-refractivity contribution is 14.0. The molecule has 6 heteroatoms. The maximum absolute atomic E-state index is 5.56. The van der Waals surface area contributed by atoms with Crippen LogP contribution in [0.15, 0.2) is 41.5 Å². The highest BCUT2D eigenvalue weighted by Gasteiger charge is 2.03. The number of ether oxygens (including phenoxy) is 1. The largest absolute Gasteiger partial charge is 0.381 e. The summed E-state index contributed by atoms with van der Waals surface area (Å²) < 4.78 is 5.56. The first kappa shape index (κ1) is 21.6. The molecule has 1 aromatic carbocycles. The Hall–Kier alpha value is -1.41. The molecule has 0 radical (unpaired) electrons. The second kappa shape index (κ2) is 12.9. The topological polar surface area (TPSA) is 58.5 Å². The lowest BCUT2D eigenvalue weighted by atomic mass is 10.1. The molecule has 0 spiro atoms. The Morgan fingerprint density at radius 2 is 1.92 bits per heavy atom. The first-order chi connectivity index (χ1) is 11.8. The molecule has 2 N–H and O–H groups in total. The van der Waals surface area contributed by atoms with Crippen molar-refractivity contribution in [2.45, 2.75) is 32.7 Å². The van der Waals surface area contributed by atoms with Crippen LogP contribution in [0.5, 0.6) is 0 Å². The number of hydrogen-bond donors (Lipinski definition) is 2. The molecule has 1 heterocycles. The molecule has 0 unspecified atom stereocenters. The molecule has 2 aromatic rings. The molecule has 0 aliphatic rings. The number of aliphatic imine (C=N–C) groups is 1. The Bertz CT molecular complexity index is 643. The molecule has 0 aliphatic carbocycles. The minimum atomic E-state index is 0. The fourth-order valence-corrected chi connectivity index (χ4v) is 2.44. The normalized spacial score (nSPS) is 11.2. The van der Waals surface area contributed by atoms with Crippen LogP contribution in [0.2, 0.25) is 0 Å². The Labute approximate surface area is 167 Å². The molecule has 0 saturated heterocycles. The predicted octanol–water partition coefficient (Wildman–Crippen LogP) is 3.72. The number of unbranched alkanes of at least 4 members (excludes halogenated alkanes) is 1. The summed E-state index contributed by atoms with van der Waals surface area (Å²) in [7, 11) is 1.79. The van der Waals surface area contributed by atoms with E-state index in [1.165, 1.54) is 12.0 Å². The Morgan fingerprint density at radius 3 is 2.72 bits per heavy atom. The second-order valence-corrected chi connectivity index (χ2v) is 5.66. The molecule has 0 atom stereocenters. The van der Waals surface area contributed by atoms with Crippen molar-refractivity contribution in [2.75, 3.05) is 26.8 Å². The minimum Gasteiger partial charge on any atom is -0.381 e. The maximum atomic E-state index is 5.56. The first-order valence-corrected chi connectivity index (χ1v) is 8.70. The summed E-state index contributed by atoms with van der Waals surface area (Å²) in [5, 5.41) is 7.82. The van der Waals surface area contributed by atoms with Crippen molar-refractivity contribution in [3.05, 3.63) is 42.1 Å². The molecule has 0 bridgehead atoms. The third kappa shape index (κ3) is 7.56. The van der Waals surface area contributed by atoms with Crippen molar-refractivity contribution in [2.24, 2.45) is 4.99 Å². The van der Waals surface area contributed by atoms with Gasteiger partial charge in [0.1, 0.15) is 0 Å². The molecule has 5 nitrogen and oxygen atoms in total. The Balaban J connectivity index is 0.00000312. The number of guanidine groups is 1. The number of benzene rings is 1. The van der Waals surface area contributed by atoms with Gasteiger partial charge < -0.3 is 15.4 Å². The Kier molecular flexibility index (Phi) is 11.1. The van der Waals surface area contributed by atoms with Crippen molar-refractivity contribution in [1.82, 2.24) is 15.6 Å². The van der Waals surface area contributed by atoms with Crippen molar-refractivity contribution in [3.63, 3.8) is 0 Å². The van der Waals surface area contributed by atoms with Gasteiger partial charge in [0.25, 0.3) is 0 Å². The van der Waals surface area contributed by atoms with E-state index >= 15 is 0 Å². The summed E-state index contributed by atoms with van der Waals surface area (Å²) in [4.78, 5) is 8.74. The van der Waals surface area contributed by atoms with E-state index in [0.717, 1.165) is 49.5 Å². The predicted molar refractivity (Wildman–Crippen MR) is 116 cm³/mol. The smallest absolute Gasteiger partial charge is 0.191 e. The number of pyridine rings is 1. The standard InChI is InChI=1S/C19H28N4O.HI/c1-3-4-13-24-14-7-12-22-19(20-2)23-15-17-9-5-8-16-10-6-11-21-18(16)17;/h5-6,8-11H,3-4,7,12-15H2,1-2H3,(H2,20,22,23);1H. The minimum absolute atomic E-state index is 0. The molecule has 0 fully saturated rings. The summed E-state index contributed by atoms with van der Waals surface area (Å²) >= 11 is 0. The average Bonchev–Trinajstić information content (AvgIpc) is 2.63. The number of fused-ring (bicyclic) bond motifs is 1. The molecule has 1 aromatic heterocycles. The molecule has 2 rings (SSSR count). The zero-order valence-electron chi connectivity index (χ0n) is 15.1. The van der Waals surface area contributed by atoms with E-state index in [2.05, 4.69) is 51.8 Å². The third-order valence-electron chi connectivity index (χ3n) is 3.79. The van der Waals surface area contributed by atoms with Crippen LogP contribution in [0, 0.1) is 0 Å². The quantitative estimate of drug-likeness (QED) is 0.261. The molecule has 0 amide bonds. The van der Waals surface area contributed by atoms with E-state index in [0.29, 0.717) is 6.54 Å². The van der Waals surface area contributed by atoms with E-state index in [4.69, 9.17) is 4.74 Å². The lowest BCUT2D eigenvalue weighted by Gasteiger charge is -2.13. The van der Waals surface area contributed by atoms with Crippen LogP contribution >= 0.6 is 24.0 Å². The SMILES string of the molecule is CCCCOCCCNC(=NC)NCc1cccc2cccnc12.I. The highest BCUT2D eigenvalue weighted by Crippen LogP contribution is 2.15. The lowest BCUT2D eigenvalue weighted by molar-refractivity contribution is 0.129. The van der Waals surface area contributed by atoms with Crippen LogP contribution in [-0.2, 0) is 11.3 Å². The molecular formula is C19H29IN4O. The van der Waals surface area contributed by atoms with Gasteiger partial charge in [-0.3, -0.25) is 9.98 Å². The van der Waals surface area contributed by atoms with Crippen LogP contribution in [0.3, 0.4) is 0 Å². The summed E-state index contributed by atoms with van der Waals surface area (Å²) in [6.45, 7) is 5.36. The second-order valence-electron chi connectivity index (χ2n) is 5.66. The van der Waals surface area contributed by atoms with Crippen LogP contribution in [-0.4, -0.2) is 37.7 Å². The van der Waals surface area contributed by atoms with E-state index in [1.54, 1.807) is 7.05 Å². The summed E-state index contributed by atoms with van der Waals surface area (Å²) in [5.74, 6) is 0.802. The van der Waals surface area contributed by atoms with Gasteiger partial charge in [0.2, 0.25) is 0 Å². The van der Waals surface area contributed by atoms with Gasteiger partial charge in [-0.05, 0) is 24.5 Å². The van der Waals surface area contributed by atoms with Crippen LogP contribution in [0.1, 0.15) is 31.7 Å². The molecular weight excluding hydrogens is 427 g/mol. The highest BCUT2D eigenvalue weighted by atomic mass is 127. The number of nitrogens with zero attached hydrogens (tertiary/aromatic N) is 2. The first-order valence-electron chi connectivity index (χ1n) is 8.70. The number of halogens is 1. The summed E-state index contributed by atoms with van der Waals surface area (Å²) in [6, 6.07) is 10.3. The van der Waals surface area contributed by atoms with Crippen LogP contribution < -0.4 is 10.6 Å². The van der Waals surface area contributed by atoms with E-state index in [1.807, 2.05) is 12.3 Å². The van der Waals surface area contributed by atoms with Crippen molar-refractivity contribution >= 4 is 40.8 Å². The molecule has 0 aliphatic heterocycles. The van der Waals surface area contributed by atoms with E-state index < -0.39 is 0 Å². The van der Waals surface area contributed by atoms with Crippen molar-refractivity contribution < 1.29 is 4.74 Å². The summed E-state index contributed by atoms with van der Waals surface area (Å²) in [5.41, 5.74) is 2.20. The number of nitrogens with one attached hydrogen (secondary N) is 2. The van der Waals surface area contributed by atoms with E-state index in [9.17, 15) is 0 Å². The van der Waals surface area contributed by atoms with Crippen molar-refractivity contribution in [3.8, 4) is 0 Å². The molecule has 0 saturated carbocycles. The third-order valence-corrected chi connectivity index (χ3v) is 3.79. The van der Waals surface area contributed by atoms with Gasteiger partial charge in [-0.25, -0.2) is 0 Å². The van der Waals surface area contributed by atoms with Crippen molar-refractivity contribution in [1.29, 1.82) is 0 Å². The fourth-order valence-electron chi connectivity index (χ4n) is 2.44. The number of rotatable bonds is 9. The number of hydrogen-bond acceptors (Lipinski definition) is 3. The number of aromatic nitrogens is 1. The fraction of sp³-hybridized carbons (Fsp3) is 0.474. The monoisotopic (exact) mass is 456 g/mol. The van der Waals surface area contributed by atoms with Crippen LogP contribution in [0.25, 0.3) is 10.9 Å². The zero-order valence-corrected chi connectivity index (χ0v) is 17.5. The van der Waals surface area contributed by atoms with Crippen LogP contribution in [0.4, 0.5) is 0 Å². The zero-order chi connectivity index (χ0) is 17.0. The van der Waals surface area contributed by atoms with Gasteiger partial charge >= 0.3 is 0 Å². The Morgan fingerprint density at radius 1 is 1.12 bits per heavy atom. The van der Waals surface area contributed by atoms with Gasteiger partial charge in [-0.2, -0.15) is 0 Å². The van der Waals surface area contributed by atoms with Gasteiger partial charge in [-0.1, -0.05) is 37.6 Å². The maximum Gasteiger partial charge on any atom is 0.191 e. The van der Waals surface area contributed by atoms with Gasteiger partial charge in [0, 0.05) is 44.9 Å². The van der Waals surface area contributed by atoms with Gasteiger partial charge in [-0.15, -0.1) is 24.0 Å². The van der Waals surface area contributed by atoms with Gasteiger partial charge in [0.05, 0.1) is 5.52 Å². The number of para-hydroxylation sites is 1. The molecule has 25 heavy (non-hydrogen) atoms. The average molecular weight is 456 g/mol.